The van der Waals surface area contributed by atoms with Crippen LogP contribution in [0.5, 0.6) is 0 Å². The molecule has 1 aliphatic carbocycles. The number of fused-ring (bicyclic) bond motifs is 1. The van der Waals surface area contributed by atoms with Crippen molar-refractivity contribution in [2.24, 2.45) is 5.92 Å². The van der Waals surface area contributed by atoms with Gasteiger partial charge in [-0.25, -0.2) is 9.59 Å². The topological polar surface area (TPSA) is 81.7 Å². The summed E-state index contributed by atoms with van der Waals surface area (Å²) in [5, 5.41) is 2.76. The Hall–Kier alpha value is -2.11. The van der Waals surface area contributed by atoms with Crippen molar-refractivity contribution >= 4 is 17.8 Å². The first-order valence-electron chi connectivity index (χ1n) is 7.96. The predicted octanol–water partition coefficient (Wildman–Crippen LogP) is 2.04. The van der Waals surface area contributed by atoms with Crippen LogP contribution in [0.1, 0.15) is 48.5 Å². The van der Waals surface area contributed by atoms with Crippen LogP contribution in [0.3, 0.4) is 0 Å². The summed E-state index contributed by atoms with van der Waals surface area (Å²) in [7, 11) is 0. The monoisotopic (exact) mass is 335 g/mol. The highest BCUT2D eigenvalue weighted by molar-refractivity contribution is 6.09. The van der Waals surface area contributed by atoms with Crippen molar-refractivity contribution in [1.82, 2.24) is 5.32 Å². The number of esters is 2. The molecule has 2 rings (SSSR count). The molecular weight excluding hydrogens is 310 g/mol. The number of rotatable bonds is 2. The third kappa shape index (κ3) is 3.37. The fraction of sp³-hybridized carbons (Fsp3) is 0.611. The van der Waals surface area contributed by atoms with E-state index in [-0.39, 0.29) is 17.1 Å². The van der Waals surface area contributed by atoms with E-state index in [1.807, 2.05) is 0 Å². The number of carbonyl (C=O) groups excluding carboxylic acids is 3. The Bertz CT molecular complexity index is 660. The quantitative estimate of drug-likeness (QED) is 0.781. The fourth-order valence-electron chi connectivity index (χ4n) is 2.93. The lowest BCUT2D eigenvalue weighted by molar-refractivity contribution is -0.157. The first kappa shape index (κ1) is 18.2. The van der Waals surface area contributed by atoms with Crippen LogP contribution < -0.4 is 5.32 Å². The highest BCUT2D eigenvalue weighted by Gasteiger charge is 2.58. The van der Waals surface area contributed by atoms with Gasteiger partial charge in [0.05, 0.1) is 16.7 Å². The third-order valence-corrected chi connectivity index (χ3v) is 3.77. The molecule has 2 aliphatic rings. The van der Waals surface area contributed by atoms with Gasteiger partial charge in [-0.1, -0.05) is 6.08 Å². The number of ether oxygens (including phenoxy) is 2. The van der Waals surface area contributed by atoms with Gasteiger partial charge in [-0.05, 0) is 54.5 Å². The Morgan fingerprint density at radius 2 is 1.54 bits per heavy atom. The molecule has 0 aromatic carbocycles. The van der Waals surface area contributed by atoms with Gasteiger partial charge in [0, 0.05) is 5.92 Å². The van der Waals surface area contributed by atoms with E-state index in [2.05, 4.69) is 5.32 Å². The minimum Gasteiger partial charge on any atom is -0.457 e. The lowest BCUT2D eigenvalue weighted by Crippen LogP contribution is -2.64. The van der Waals surface area contributed by atoms with Gasteiger partial charge in [-0.3, -0.25) is 4.79 Å². The minimum absolute atomic E-state index is 0.161. The highest BCUT2D eigenvalue weighted by atomic mass is 16.6. The molecule has 1 heterocycles. The Balaban J connectivity index is 2.46. The van der Waals surface area contributed by atoms with Crippen LogP contribution in [-0.2, 0) is 23.9 Å². The second-order valence-electron chi connectivity index (χ2n) is 8.32. The summed E-state index contributed by atoms with van der Waals surface area (Å²) < 4.78 is 10.8. The van der Waals surface area contributed by atoms with Crippen molar-refractivity contribution in [1.29, 1.82) is 0 Å². The Labute approximate surface area is 142 Å². The van der Waals surface area contributed by atoms with Crippen molar-refractivity contribution < 1.29 is 23.9 Å². The molecule has 24 heavy (non-hydrogen) atoms. The third-order valence-electron chi connectivity index (χ3n) is 3.77. The first-order chi connectivity index (χ1) is 10.7. The Morgan fingerprint density at radius 3 is 2.04 bits per heavy atom. The second kappa shape index (κ2) is 5.46. The van der Waals surface area contributed by atoms with Crippen molar-refractivity contribution in [3.05, 3.63) is 23.3 Å². The summed E-state index contributed by atoms with van der Waals surface area (Å²) in [5.74, 6) is -1.89. The van der Waals surface area contributed by atoms with Gasteiger partial charge in [0.25, 0.3) is 0 Å². The molecule has 0 saturated heterocycles. The maximum atomic E-state index is 12.6. The lowest BCUT2D eigenvalue weighted by atomic mass is 9.61. The number of carbonyl (C=O) groups is 3. The van der Waals surface area contributed by atoms with Crippen molar-refractivity contribution in [3.63, 3.8) is 0 Å². The molecule has 1 N–H and O–H groups in total. The van der Waals surface area contributed by atoms with Crippen LogP contribution in [0.4, 0.5) is 0 Å². The van der Waals surface area contributed by atoms with Crippen LogP contribution in [0.2, 0.25) is 0 Å². The van der Waals surface area contributed by atoms with E-state index in [0.717, 1.165) is 0 Å². The smallest absolute Gasteiger partial charge is 0.337 e. The lowest BCUT2D eigenvalue weighted by Gasteiger charge is -2.49. The van der Waals surface area contributed by atoms with E-state index < -0.39 is 34.6 Å². The van der Waals surface area contributed by atoms with Crippen molar-refractivity contribution in [2.75, 3.05) is 0 Å². The zero-order chi connectivity index (χ0) is 18.5. The highest BCUT2D eigenvalue weighted by Crippen LogP contribution is 2.48. The van der Waals surface area contributed by atoms with Gasteiger partial charge in [0.2, 0.25) is 5.91 Å². The SMILES string of the molecule is CC(C)(C)OC(=O)C1=C(C(=O)OC(C)(C)C)[C@@]2(C)NC(=O)C=C[C@@H]12. The van der Waals surface area contributed by atoms with E-state index in [1.54, 1.807) is 54.5 Å². The summed E-state index contributed by atoms with van der Waals surface area (Å²) in [6.45, 7) is 12.2. The molecule has 0 aromatic heterocycles. The molecule has 0 fully saturated rings. The minimum atomic E-state index is -0.958. The van der Waals surface area contributed by atoms with E-state index in [4.69, 9.17) is 9.47 Å². The van der Waals surface area contributed by atoms with Crippen LogP contribution in [0, 0.1) is 5.92 Å². The van der Waals surface area contributed by atoms with Gasteiger partial charge in [-0.15, -0.1) is 0 Å². The number of amides is 1. The van der Waals surface area contributed by atoms with Crippen LogP contribution in [-0.4, -0.2) is 34.6 Å². The van der Waals surface area contributed by atoms with E-state index in [9.17, 15) is 14.4 Å². The number of nitrogens with one attached hydrogen (secondary N) is 1. The maximum Gasteiger partial charge on any atom is 0.337 e. The Kier molecular flexibility index (Phi) is 4.15. The molecule has 0 aromatic rings. The maximum absolute atomic E-state index is 12.6. The summed E-state index contributed by atoms with van der Waals surface area (Å²) in [4.78, 5) is 36.9. The normalized spacial score (nSPS) is 26.3. The summed E-state index contributed by atoms with van der Waals surface area (Å²) >= 11 is 0. The van der Waals surface area contributed by atoms with Gasteiger partial charge in [-0.2, -0.15) is 0 Å². The van der Waals surface area contributed by atoms with Crippen LogP contribution in [0.25, 0.3) is 0 Å². The molecule has 6 nitrogen and oxygen atoms in total. The summed E-state index contributed by atoms with van der Waals surface area (Å²) in [6.07, 6.45) is 2.99. The molecule has 1 aliphatic heterocycles. The molecular formula is C18H25NO5. The molecule has 0 bridgehead atoms. The van der Waals surface area contributed by atoms with Gasteiger partial charge in [0.15, 0.2) is 0 Å². The average Bonchev–Trinajstić information content (AvgIpc) is 2.29. The molecule has 1 amide bonds. The second-order valence-corrected chi connectivity index (χ2v) is 8.32. The zero-order valence-electron chi connectivity index (χ0n) is 15.3. The summed E-state index contributed by atoms with van der Waals surface area (Å²) in [6, 6.07) is 0. The molecule has 0 radical (unpaired) electrons. The van der Waals surface area contributed by atoms with Gasteiger partial charge in [0.1, 0.15) is 11.2 Å². The predicted molar refractivity (Wildman–Crippen MR) is 87.9 cm³/mol. The molecule has 132 valence electrons. The van der Waals surface area contributed by atoms with Gasteiger partial charge >= 0.3 is 11.9 Å². The number of hydrogen-bond donors (Lipinski definition) is 1. The summed E-state index contributed by atoms with van der Waals surface area (Å²) in [5.41, 5.74) is -1.94. The van der Waals surface area contributed by atoms with Crippen LogP contribution in [0.15, 0.2) is 23.3 Å². The standard InChI is InChI=1S/C18H25NO5/c1-16(2,3)23-14(21)12-10-8-9-11(20)19-18(10,7)13(12)15(22)24-17(4,5)6/h8-10H,1-7H3,(H,19,20)/t10-,18-/m0/s1. The van der Waals surface area contributed by atoms with Crippen molar-refractivity contribution in [2.45, 2.75) is 65.2 Å². The van der Waals surface area contributed by atoms with E-state index in [0.29, 0.717) is 0 Å². The molecule has 2 atom stereocenters. The average molecular weight is 335 g/mol. The Morgan fingerprint density at radius 1 is 1.04 bits per heavy atom. The van der Waals surface area contributed by atoms with Crippen molar-refractivity contribution in [3.8, 4) is 0 Å². The largest absolute Gasteiger partial charge is 0.457 e. The van der Waals surface area contributed by atoms with E-state index in [1.165, 1.54) is 6.08 Å². The zero-order valence-corrected chi connectivity index (χ0v) is 15.3. The molecule has 0 saturated carbocycles. The first-order valence-corrected chi connectivity index (χ1v) is 7.96. The number of hydrogen-bond acceptors (Lipinski definition) is 5. The van der Waals surface area contributed by atoms with E-state index >= 15 is 0 Å². The molecule has 0 spiro atoms. The van der Waals surface area contributed by atoms with Crippen LogP contribution >= 0.6 is 0 Å². The molecule has 0 unspecified atom stereocenters. The fourth-order valence-corrected chi connectivity index (χ4v) is 2.93. The molecule has 6 heteroatoms. The van der Waals surface area contributed by atoms with Gasteiger partial charge < -0.3 is 14.8 Å².